The number of halogens is 3. The van der Waals surface area contributed by atoms with Crippen LogP contribution in [0.25, 0.3) is 11.1 Å². The van der Waals surface area contributed by atoms with Gasteiger partial charge in [-0.05, 0) is 83.5 Å². The van der Waals surface area contributed by atoms with Gasteiger partial charge in [0.05, 0.1) is 10.5 Å². The Morgan fingerprint density at radius 3 is 2.40 bits per heavy atom. The summed E-state index contributed by atoms with van der Waals surface area (Å²) in [6.07, 6.45) is 7.21. The third-order valence-corrected chi connectivity index (χ3v) is 8.47. The standard InChI is InChI=1S/C33H29F3N2O3S/c1-42(40,41)30-16-14-23(15-17-30)26-12-10-25-11-13-27(21-37-31(25)19-26)24-8-5-22(6-9-24)7-18-32(39)38-29-4-2-3-28(20-29)33(34,35)36/h2-6,8-10,12,14-17,19-21,25H,7,11,13,18H2,1H3,(H,38,39). The van der Waals surface area contributed by atoms with Gasteiger partial charge in [0.15, 0.2) is 9.84 Å². The molecule has 5 nitrogen and oxygen atoms in total. The van der Waals surface area contributed by atoms with Crippen molar-refractivity contribution in [2.24, 2.45) is 10.9 Å². The van der Waals surface area contributed by atoms with Crippen LogP contribution in [0.5, 0.6) is 0 Å². The molecular weight excluding hydrogens is 561 g/mol. The highest BCUT2D eigenvalue weighted by atomic mass is 32.2. The molecule has 216 valence electrons. The number of anilines is 1. The molecule has 1 atom stereocenters. The number of nitrogens with one attached hydrogen (secondary N) is 1. The van der Waals surface area contributed by atoms with Crippen molar-refractivity contribution in [2.45, 2.75) is 36.8 Å². The molecule has 0 fully saturated rings. The summed E-state index contributed by atoms with van der Waals surface area (Å²) in [6, 6.07) is 19.4. The Balaban J connectivity index is 1.21. The lowest BCUT2D eigenvalue weighted by Gasteiger charge is -2.17. The van der Waals surface area contributed by atoms with Crippen LogP contribution < -0.4 is 5.32 Å². The maximum Gasteiger partial charge on any atom is 0.416 e. The van der Waals surface area contributed by atoms with E-state index in [1.54, 1.807) is 12.1 Å². The molecule has 1 aliphatic carbocycles. The number of rotatable bonds is 7. The van der Waals surface area contributed by atoms with E-state index in [0.717, 1.165) is 58.5 Å². The Labute approximate surface area is 243 Å². The Morgan fingerprint density at radius 1 is 1.00 bits per heavy atom. The molecular formula is C33H29F3N2O3S. The zero-order valence-electron chi connectivity index (χ0n) is 22.9. The first-order chi connectivity index (χ1) is 20.0. The fourth-order valence-corrected chi connectivity index (χ4v) is 5.60. The number of hydrogen-bond donors (Lipinski definition) is 1. The summed E-state index contributed by atoms with van der Waals surface area (Å²) in [5.74, 6) is -0.164. The summed E-state index contributed by atoms with van der Waals surface area (Å²) < 4.78 is 62.3. The molecule has 1 aliphatic heterocycles. The molecule has 0 saturated heterocycles. The van der Waals surface area contributed by atoms with Crippen LogP contribution >= 0.6 is 0 Å². The lowest BCUT2D eigenvalue weighted by Crippen LogP contribution is -2.13. The molecule has 0 spiro atoms. The third-order valence-electron chi connectivity index (χ3n) is 7.34. The predicted octanol–water partition coefficient (Wildman–Crippen LogP) is 7.53. The molecule has 5 rings (SSSR count). The Kier molecular flexibility index (Phi) is 8.31. The zero-order chi connectivity index (χ0) is 29.9. The van der Waals surface area contributed by atoms with Crippen LogP contribution in [0.15, 0.2) is 107 Å². The van der Waals surface area contributed by atoms with Gasteiger partial charge in [-0.3, -0.25) is 9.79 Å². The van der Waals surface area contributed by atoms with Crippen LogP contribution in [0, 0.1) is 5.92 Å². The second kappa shape index (κ2) is 11.9. The fourth-order valence-electron chi connectivity index (χ4n) is 4.97. The first kappa shape index (κ1) is 29.3. The van der Waals surface area contributed by atoms with Crippen molar-refractivity contribution >= 4 is 38.3 Å². The summed E-state index contributed by atoms with van der Waals surface area (Å²) >= 11 is 0. The Morgan fingerprint density at radius 2 is 1.71 bits per heavy atom. The molecule has 2 aliphatic rings. The van der Waals surface area contributed by atoms with Gasteiger partial charge in [0, 0.05) is 36.2 Å². The summed E-state index contributed by atoms with van der Waals surface area (Å²) in [4.78, 5) is 17.4. The average Bonchev–Trinajstić information content (AvgIpc) is 3.18. The van der Waals surface area contributed by atoms with E-state index in [9.17, 15) is 26.4 Å². The summed E-state index contributed by atoms with van der Waals surface area (Å²) in [7, 11) is -3.25. The summed E-state index contributed by atoms with van der Waals surface area (Å²) in [6.45, 7) is 0. The molecule has 1 N–H and O–H groups in total. The van der Waals surface area contributed by atoms with Gasteiger partial charge in [0.25, 0.3) is 0 Å². The number of fused-ring (bicyclic) bond motifs is 1. The van der Waals surface area contributed by atoms with Gasteiger partial charge in [-0.25, -0.2) is 8.42 Å². The lowest BCUT2D eigenvalue weighted by molar-refractivity contribution is -0.137. The zero-order valence-corrected chi connectivity index (χ0v) is 23.7. The number of alkyl halides is 3. The van der Waals surface area contributed by atoms with E-state index >= 15 is 0 Å². The molecule has 42 heavy (non-hydrogen) atoms. The lowest BCUT2D eigenvalue weighted by atomic mass is 9.87. The molecule has 0 saturated carbocycles. The van der Waals surface area contributed by atoms with Crippen molar-refractivity contribution in [3.8, 4) is 0 Å². The van der Waals surface area contributed by atoms with Crippen molar-refractivity contribution < 1.29 is 26.4 Å². The number of sulfone groups is 1. The van der Waals surface area contributed by atoms with E-state index in [-0.39, 0.29) is 28.8 Å². The Bertz CT molecular complexity index is 1720. The molecule has 0 bridgehead atoms. The topological polar surface area (TPSA) is 75.6 Å². The number of nitrogens with zero attached hydrogens (tertiary/aromatic N) is 1. The van der Waals surface area contributed by atoms with E-state index < -0.39 is 21.6 Å². The van der Waals surface area contributed by atoms with Crippen molar-refractivity contribution in [3.05, 3.63) is 119 Å². The number of carbonyl (C=O) groups excluding carboxylic acids is 1. The smallest absolute Gasteiger partial charge is 0.326 e. The second-order valence-corrected chi connectivity index (χ2v) is 12.4. The number of aryl methyl sites for hydroxylation is 1. The number of carbonyl (C=O) groups is 1. The quantitative estimate of drug-likeness (QED) is 0.309. The number of aliphatic imine (C=N–C) groups is 1. The van der Waals surface area contributed by atoms with Crippen LogP contribution in [-0.4, -0.2) is 26.3 Å². The van der Waals surface area contributed by atoms with Crippen LogP contribution in [-0.2, 0) is 27.2 Å². The maximum absolute atomic E-state index is 12.9. The van der Waals surface area contributed by atoms with Crippen LogP contribution in [0.1, 0.15) is 41.5 Å². The van der Waals surface area contributed by atoms with Crippen LogP contribution in [0.4, 0.5) is 18.9 Å². The molecule has 1 amide bonds. The van der Waals surface area contributed by atoms with Gasteiger partial charge in [-0.15, -0.1) is 0 Å². The van der Waals surface area contributed by atoms with Crippen LogP contribution in [0.2, 0.25) is 0 Å². The van der Waals surface area contributed by atoms with Gasteiger partial charge in [-0.2, -0.15) is 13.2 Å². The minimum absolute atomic E-state index is 0.120. The number of benzene rings is 3. The highest BCUT2D eigenvalue weighted by molar-refractivity contribution is 7.90. The van der Waals surface area contributed by atoms with E-state index in [2.05, 4.69) is 17.5 Å². The van der Waals surface area contributed by atoms with Crippen molar-refractivity contribution in [3.63, 3.8) is 0 Å². The van der Waals surface area contributed by atoms with E-state index in [4.69, 9.17) is 4.99 Å². The molecule has 1 unspecified atom stereocenters. The maximum atomic E-state index is 12.9. The van der Waals surface area contributed by atoms with E-state index in [1.807, 2.05) is 48.7 Å². The Hall–Kier alpha value is -4.24. The molecule has 1 heterocycles. The first-order valence-electron chi connectivity index (χ1n) is 13.5. The van der Waals surface area contributed by atoms with Crippen molar-refractivity contribution in [1.82, 2.24) is 0 Å². The molecule has 3 aromatic carbocycles. The van der Waals surface area contributed by atoms with Crippen molar-refractivity contribution in [2.75, 3.05) is 11.6 Å². The number of hydrogen-bond acceptors (Lipinski definition) is 4. The predicted molar refractivity (Wildman–Crippen MR) is 160 cm³/mol. The number of allylic oxidation sites excluding steroid dienone is 5. The third kappa shape index (κ3) is 7.15. The minimum atomic E-state index is -4.47. The molecule has 0 radical (unpaired) electrons. The van der Waals surface area contributed by atoms with Gasteiger partial charge in [0.1, 0.15) is 0 Å². The van der Waals surface area contributed by atoms with Gasteiger partial charge >= 0.3 is 6.18 Å². The van der Waals surface area contributed by atoms with E-state index in [0.29, 0.717) is 6.42 Å². The van der Waals surface area contributed by atoms with Crippen LogP contribution in [0.3, 0.4) is 0 Å². The molecule has 0 aromatic heterocycles. The largest absolute Gasteiger partial charge is 0.416 e. The SMILES string of the molecule is CS(=O)(=O)c1ccc(C2=CC3=NC=C(c4ccc(CCC(=O)Nc5cccc(C(F)(F)F)c5)cc4)CCC3C=C2)cc1. The fraction of sp³-hybridized carbons (Fsp3) is 0.212. The second-order valence-electron chi connectivity index (χ2n) is 10.4. The first-order valence-corrected chi connectivity index (χ1v) is 15.4. The molecule has 9 heteroatoms. The van der Waals surface area contributed by atoms with Gasteiger partial charge in [-0.1, -0.05) is 54.6 Å². The average molecular weight is 591 g/mol. The summed E-state index contributed by atoms with van der Waals surface area (Å²) in [5.41, 5.74) is 5.26. The number of amides is 1. The highest BCUT2D eigenvalue weighted by Crippen LogP contribution is 2.33. The van der Waals surface area contributed by atoms with Gasteiger partial charge < -0.3 is 5.32 Å². The van der Waals surface area contributed by atoms with E-state index in [1.165, 1.54) is 18.4 Å². The minimum Gasteiger partial charge on any atom is -0.326 e. The summed E-state index contributed by atoms with van der Waals surface area (Å²) in [5, 5.41) is 2.54. The monoisotopic (exact) mass is 590 g/mol. The normalized spacial score (nSPS) is 17.0. The molecule has 3 aromatic rings. The highest BCUT2D eigenvalue weighted by Gasteiger charge is 2.30. The van der Waals surface area contributed by atoms with Gasteiger partial charge in [0.2, 0.25) is 5.91 Å². The van der Waals surface area contributed by atoms with Crippen molar-refractivity contribution in [1.29, 1.82) is 0 Å².